The second kappa shape index (κ2) is 11.5. The topological polar surface area (TPSA) is 9.86 Å². The van der Waals surface area contributed by atoms with Gasteiger partial charge in [0.25, 0.3) is 0 Å². The van der Waals surface area contributed by atoms with Gasteiger partial charge in [-0.3, -0.25) is 0 Å². The van der Waals surface area contributed by atoms with Crippen molar-refractivity contribution in [3.05, 3.63) is 182 Å². The summed E-state index contributed by atoms with van der Waals surface area (Å²) in [4.78, 5) is 0. The molecule has 11 rings (SSSR count). The van der Waals surface area contributed by atoms with Crippen LogP contribution in [-0.2, 0) is 0 Å². The minimum atomic E-state index is -2.72. The Morgan fingerprint density at radius 2 is 0.736 bits per heavy atom. The monoisotopic (exact) mass is 738 g/mol. The van der Waals surface area contributed by atoms with Gasteiger partial charge in [-0.1, -0.05) is 0 Å². The second-order valence-electron chi connectivity index (χ2n) is 14.9. The van der Waals surface area contributed by atoms with E-state index >= 15 is 0 Å². The molecule has 0 saturated carbocycles. The quantitative estimate of drug-likeness (QED) is 0.159. The van der Waals surface area contributed by atoms with Crippen LogP contribution < -0.4 is 8.79 Å². The van der Waals surface area contributed by atoms with Crippen molar-refractivity contribution in [3.63, 3.8) is 0 Å². The van der Waals surface area contributed by atoms with Crippen molar-refractivity contribution in [1.82, 2.24) is 9.13 Å². The summed E-state index contributed by atoms with van der Waals surface area (Å²) < 4.78 is 7.96. The van der Waals surface area contributed by atoms with Crippen LogP contribution >= 0.6 is 0 Å². The molecule has 3 heterocycles. The van der Waals surface area contributed by atoms with Gasteiger partial charge in [-0.2, -0.15) is 0 Å². The third-order valence-electron chi connectivity index (χ3n) is 11.7. The molecule has 53 heavy (non-hydrogen) atoms. The average molecular weight is 737 g/mol. The summed E-state index contributed by atoms with van der Waals surface area (Å²) in [5, 5.41) is 5.22. The van der Waals surface area contributed by atoms with Crippen LogP contribution in [0.25, 0.3) is 88.4 Å². The fourth-order valence-corrected chi connectivity index (χ4v) is 15.8. The minimum absolute atomic E-state index is 1.19. The van der Waals surface area contributed by atoms with Gasteiger partial charge in [0.2, 0.25) is 0 Å². The number of aromatic nitrogens is 2. The first kappa shape index (κ1) is 30.5. The molecule has 1 aliphatic heterocycles. The van der Waals surface area contributed by atoms with Gasteiger partial charge in [0.15, 0.2) is 0 Å². The number of rotatable bonds is 4. The first-order valence-corrected chi connectivity index (χ1v) is 24.8. The molecular formula is C50H36GeN2. The van der Waals surface area contributed by atoms with Crippen LogP contribution in [0.4, 0.5) is 0 Å². The van der Waals surface area contributed by atoms with Crippen molar-refractivity contribution in [3.8, 4) is 44.8 Å². The van der Waals surface area contributed by atoms with E-state index in [0.29, 0.717) is 0 Å². The van der Waals surface area contributed by atoms with Gasteiger partial charge in [0.1, 0.15) is 0 Å². The van der Waals surface area contributed by atoms with E-state index in [4.69, 9.17) is 0 Å². The van der Waals surface area contributed by atoms with Crippen LogP contribution in [0.1, 0.15) is 0 Å². The molecule has 0 atom stereocenters. The molecule has 2 aromatic heterocycles. The van der Waals surface area contributed by atoms with Crippen LogP contribution in [0, 0.1) is 0 Å². The molecule has 0 unspecified atom stereocenters. The van der Waals surface area contributed by atoms with E-state index in [1.54, 1.807) is 8.79 Å². The molecule has 10 aromatic rings. The Kier molecular flexibility index (Phi) is 6.59. The SMILES string of the molecule is [CH3][Ge]1([CH3])[c]2cc(-c3cccc4c3c3ccccc3n4-c3ccccc3)ccc2-c2ccc(-c3cccc4c3c3ccccc3n4-c3ccccc3)c[c]21. The molecule has 250 valence electrons. The summed E-state index contributed by atoms with van der Waals surface area (Å²) in [6, 6.07) is 67.5. The first-order chi connectivity index (χ1) is 26.1. The second-order valence-corrected chi connectivity index (χ2v) is 24.0. The van der Waals surface area contributed by atoms with Crippen LogP contribution in [0.15, 0.2) is 182 Å². The zero-order chi connectivity index (χ0) is 35.3. The third-order valence-corrected chi connectivity index (χ3v) is 19.1. The molecule has 8 aromatic carbocycles. The molecular weight excluding hydrogens is 701 g/mol. The van der Waals surface area contributed by atoms with Gasteiger partial charge in [0, 0.05) is 0 Å². The summed E-state index contributed by atoms with van der Waals surface area (Å²) >= 11 is -2.72. The van der Waals surface area contributed by atoms with E-state index in [0.717, 1.165) is 0 Å². The van der Waals surface area contributed by atoms with Crippen molar-refractivity contribution in [2.75, 3.05) is 0 Å². The van der Waals surface area contributed by atoms with Gasteiger partial charge < -0.3 is 0 Å². The van der Waals surface area contributed by atoms with Crippen molar-refractivity contribution < 1.29 is 0 Å². The number of hydrogen-bond donors (Lipinski definition) is 0. The molecule has 0 amide bonds. The Hall–Kier alpha value is -6.10. The van der Waals surface area contributed by atoms with E-state index in [2.05, 4.69) is 203 Å². The molecule has 0 aliphatic carbocycles. The number of fused-ring (bicyclic) bond motifs is 9. The van der Waals surface area contributed by atoms with Crippen molar-refractivity contribution in [1.29, 1.82) is 0 Å². The molecule has 3 heteroatoms. The van der Waals surface area contributed by atoms with Gasteiger partial charge in [-0.15, -0.1) is 0 Å². The standard InChI is InChI=1S/C50H36GeN2/c1-51(2)43-31-33(37-21-13-25-47-49(37)41-19-9-11-23-45(41)52(47)35-15-5-3-6-16-35)27-29-39(43)40-30-28-34(32-44(40)51)38-22-14-26-48-50(38)42-20-10-12-24-46(42)53(48)36-17-7-4-8-18-36/h3-32H,1-2H3. The predicted molar refractivity (Wildman–Crippen MR) is 228 cm³/mol. The Bertz CT molecular complexity index is 2870. The van der Waals surface area contributed by atoms with E-state index in [-0.39, 0.29) is 0 Å². The number of nitrogens with zero attached hydrogens (tertiary/aromatic N) is 2. The Morgan fingerprint density at radius 1 is 0.340 bits per heavy atom. The van der Waals surface area contributed by atoms with Crippen molar-refractivity contribution >= 4 is 65.7 Å². The average Bonchev–Trinajstić information content (AvgIpc) is 3.81. The molecule has 0 spiro atoms. The van der Waals surface area contributed by atoms with Gasteiger partial charge >= 0.3 is 313 Å². The maximum absolute atomic E-state index is 2.72. The molecule has 0 bridgehead atoms. The summed E-state index contributed by atoms with van der Waals surface area (Å²) in [6.45, 7) is 0. The van der Waals surface area contributed by atoms with Crippen LogP contribution in [0.5, 0.6) is 0 Å². The van der Waals surface area contributed by atoms with Crippen LogP contribution in [0.3, 0.4) is 0 Å². The Labute approximate surface area is 311 Å². The first-order valence-electron chi connectivity index (χ1n) is 18.5. The Balaban J connectivity index is 1.06. The fourth-order valence-electron chi connectivity index (χ4n) is 9.30. The van der Waals surface area contributed by atoms with Gasteiger partial charge in [-0.05, 0) is 0 Å². The number of hydrogen-bond acceptors (Lipinski definition) is 0. The molecule has 0 saturated heterocycles. The fraction of sp³-hybridized carbons (Fsp3) is 0.0400. The van der Waals surface area contributed by atoms with Crippen LogP contribution in [0.2, 0.25) is 11.5 Å². The molecule has 0 fully saturated rings. The molecule has 0 radical (unpaired) electrons. The van der Waals surface area contributed by atoms with Gasteiger partial charge in [0.05, 0.1) is 0 Å². The molecule has 0 N–H and O–H groups in total. The van der Waals surface area contributed by atoms with Crippen molar-refractivity contribution in [2.45, 2.75) is 11.5 Å². The number of benzene rings is 8. The molecule has 2 nitrogen and oxygen atoms in total. The summed E-state index contributed by atoms with van der Waals surface area (Å²) in [5.74, 6) is 5.17. The van der Waals surface area contributed by atoms with Crippen molar-refractivity contribution in [2.24, 2.45) is 0 Å². The maximum atomic E-state index is 2.59. The van der Waals surface area contributed by atoms with Gasteiger partial charge in [-0.25, -0.2) is 0 Å². The summed E-state index contributed by atoms with van der Waals surface area (Å²) in [7, 11) is 0. The zero-order valence-electron chi connectivity index (χ0n) is 29.7. The molecule has 1 aliphatic rings. The number of para-hydroxylation sites is 4. The van der Waals surface area contributed by atoms with E-state index in [1.807, 2.05) is 0 Å². The van der Waals surface area contributed by atoms with E-state index in [1.165, 1.54) is 88.4 Å². The Morgan fingerprint density at radius 3 is 1.19 bits per heavy atom. The summed E-state index contributed by atoms with van der Waals surface area (Å²) in [6.07, 6.45) is 0. The van der Waals surface area contributed by atoms with Crippen LogP contribution in [-0.4, -0.2) is 22.4 Å². The third kappa shape index (κ3) is 4.39. The zero-order valence-corrected chi connectivity index (χ0v) is 31.8. The predicted octanol–water partition coefficient (Wildman–Crippen LogP) is 12.0. The van der Waals surface area contributed by atoms with E-state index in [9.17, 15) is 0 Å². The normalized spacial score (nSPS) is 13.2. The van der Waals surface area contributed by atoms with E-state index < -0.39 is 13.3 Å². The summed E-state index contributed by atoms with van der Waals surface area (Å²) in [5.41, 5.74) is 15.4.